The van der Waals surface area contributed by atoms with Crippen LogP contribution in [0.5, 0.6) is 0 Å². The molecule has 1 aliphatic rings. The van der Waals surface area contributed by atoms with Crippen molar-refractivity contribution in [1.29, 1.82) is 0 Å². The van der Waals surface area contributed by atoms with Gasteiger partial charge in [0.05, 0.1) is 11.0 Å². The first kappa shape index (κ1) is 23.6. The van der Waals surface area contributed by atoms with E-state index in [0.29, 0.717) is 24.7 Å². The molecule has 0 unspecified atom stereocenters. The standard InChI is InChI=1S/C26H32N6O2/c1-3-4-15-29(2)25-24(32(33)34)26(28-20-27-25)31-18-16-30(17-19-31)23(21-11-7-5-8-12-21)22-13-9-6-10-14-22/h5-14,20,23H,3-4,15-19H2,1-2H3. The van der Waals surface area contributed by atoms with Crippen LogP contribution in [0.3, 0.4) is 0 Å². The molecule has 0 N–H and O–H groups in total. The second-order valence-electron chi connectivity index (χ2n) is 8.65. The molecule has 8 nitrogen and oxygen atoms in total. The van der Waals surface area contributed by atoms with Gasteiger partial charge in [-0.1, -0.05) is 74.0 Å². The summed E-state index contributed by atoms with van der Waals surface area (Å²) in [6.07, 6.45) is 3.41. The van der Waals surface area contributed by atoms with Crippen molar-refractivity contribution in [2.45, 2.75) is 25.8 Å². The molecule has 0 atom stereocenters. The van der Waals surface area contributed by atoms with Crippen LogP contribution in [0.1, 0.15) is 36.9 Å². The van der Waals surface area contributed by atoms with Gasteiger partial charge >= 0.3 is 5.69 Å². The summed E-state index contributed by atoms with van der Waals surface area (Å²) in [5.41, 5.74) is 2.49. The average molecular weight is 461 g/mol. The molecule has 0 bridgehead atoms. The summed E-state index contributed by atoms with van der Waals surface area (Å²) in [4.78, 5) is 26.7. The number of hydrogen-bond donors (Lipinski definition) is 0. The Balaban J connectivity index is 1.57. The van der Waals surface area contributed by atoms with Crippen LogP contribution < -0.4 is 9.80 Å². The van der Waals surface area contributed by atoms with Gasteiger partial charge in [0.2, 0.25) is 11.6 Å². The van der Waals surface area contributed by atoms with E-state index >= 15 is 0 Å². The monoisotopic (exact) mass is 460 g/mol. The Hall–Kier alpha value is -3.52. The van der Waals surface area contributed by atoms with Gasteiger partial charge in [0, 0.05) is 39.8 Å². The molecular weight excluding hydrogens is 428 g/mol. The van der Waals surface area contributed by atoms with E-state index in [2.05, 4.69) is 70.3 Å². The van der Waals surface area contributed by atoms with E-state index in [1.165, 1.54) is 17.5 Å². The van der Waals surface area contributed by atoms with E-state index in [1.54, 1.807) is 0 Å². The number of unbranched alkanes of at least 4 members (excludes halogenated alkanes) is 1. The lowest BCUT2D eigenvalue weighted by atomic mass is 9.96. The molecule has 4 rings (SSSR count). The molecule has 1 aromatic heterocycles. The Morgan fingerprint density at radius 1 is 0.971 bits per heavy atom. The highest BCUT2D eigenvalue weighted by Crippen LogP contribution is 2.35. The van der Waals surface area contributed by atoms with Crippen molar-refractivity contribution in [1.82, 2.24) is 14.9 Å². The summed E-state index contributed by atoms with van der Waals surface area (Å²) in [6.45, 7) is 5.69. The minimum Gasteiger partial charge on any atom is -0.354 e. The minimum atomic E-state index is -0.337. The number of benzene rings is 2. The highest BCUT2D eigenvalue weighted by molar-refractivity contribution is 5.71. The Bertz CT molecular complexity index is 1030. The third kappa shape index (κ3) is 5.17. The summed E-state index contributed by atoms with van der Waals surface area (Å²) < 4.78 is 0. The highest BCUT2D eigenvalue weighted by atomic mass is 16.6. The second kappa shape index (κ2) is 11.1. The third-order valence-electron chi connectivity index (χ3n) is 6.38. The molecule has 8 heteroatoms. The van der Waals surface area contributed by atoms with Crippen molar-refractivity contribution in [3.05, 3.63) is 88.2 Å². The smallest absolute Gasteiger partial charge is 0.353 e. The summed E-state index contributed by atoms with van der Waals surface area (Å²) in [5.74, 6) is 0.797. The second-order valence-corrected chi connectivity index (χ2v) is 8.65. The van der Waals surface area contributed by atoms with Gasteiger partial charge < -0.3 is 9.80 Å². The lowest BCUT2D eigenvalue weighted by Crippen LogP contribution is -2.48. The predicted octanol–water partition coefficient (Wildman–Crippen LogP) is 4.53. The Morgan fingerprint density at radius 3 is 2.09 bits per heavy atom. The maximum atomic E-state index is 12.1. The fourth-order valence-corrected chi connectivity index (χ4v) is 4.61. The van der Waals surface area contributed by atoms with E-state index in [-0.39, 0.29) is 16.7 Å². The molecule has 1 aliphatic heterocycles. The maximum absolute atomic E-state index is 12.1. The van der Waals surface area contributed by atoms with Crippen molar-refractivity contribution >= 4 is 17.3 Å². The molecular formula is C26H32N6O2. The first-order chi connectivity index (χ1) is 16.6. The third-order valence-corrected chi connectivity index (χ3v) is 6.38. The van der Waals surface area contributed by atoms with Crippen molar-refractivity contribution in [3.63, 3.8) is 0 Å². The van der Waals surface area contributed by atoms with Gasteiger partial charge in [-0.05, 0) is 17.5 Å². The van der Waals surface area contributed by atoms with Crippen LogP contribution in [0.4, 0.5) is 17.3 Å². The zero-order valence-corrected chi connectivity index (χ0v) is 19.9. The largest absolute Gasteiger partial charge is 0.354 e. The molecule has 0 saturated carbocycles. The zero-order chi connectivity index (χ0) is 23.9. The summed E-state index contributed by atoms with van der Waals surface area (Å²) in [6, 6.07) is 21.2. The van der Waals surface area contributed by atoms with Crippen molar-refractivity contribution < 1.29 is 4.92 Å². The quantitative estimate of drug-likeness (QED) is 0.343. The lowest BCUT2D eigenvalue weighted by molar-refractivity contribution is -0.383. The van der Waals surface area contributed by atoms with E-state index in [9.17, 15) is 10.1 Å². The predicted molar refractivity (Wildman–Crippen MR) is 135 cm³/mol. The van der Waals surface area contributed by atoms with Gasteiger partial charge in [-0.25, -0.2) is 9.97 Å². The number of nitro groups is 1. The van der Waals surface area contributed by atoms with Crippen molar-refractivity contribution in [2.75, 3.05) is 49.6 Å². The van der Waals surface area contributed by atoms with Gasteiger partial charge in [-0.15, -0.1) is 0 Å². The number of hydrogen-bond acceptors (Lipinski definition) is 7. The molecule has 0 amide bonds. The zero-order valence-electron chi connectivity index (χ0n) is 19.9. The van der Waals surface area contributed by atoms with Gasteiger partial charge in [0.1, 0.15) is 6.33 Å². The van der Waals surface area contributed by atoms with Crippen LogP contribution in [0.25, 0.3) is 0 Å². The molecule has 2 heterocycles. The van der Waals surface area contributed by atoms with Crippen LogP contribution in [0.2, 0.25) is 0 Å². The summed E-state index contributed by atoms with van der Waals surface area (Å²) in [5, 5.41) is 12.1. The molecule has 0 aliphatic carbocycles. The summed E-state index contributed by atoms with van der Waals surface area (Å²) >= 11 is 0. The molecule has 1 fully saturated rings. The topological polar surface area (TPSA) is 78.6 Å². The molecule has 0 spiro atoms. The Morgan fingerprint density at radius 2 is 1.56 bits per heavy atom. The lowest BCUT2D eigenvalue weighted by Gasteiger charge is -2.40. The van der Waals surface area contributed by atoms with Crippen LogP contribution in [-0.4, -0.2) is 59.6 Å². The Labute approximate surface area is 201 Å². The number of nitrogens with zero attached hydrogens (tertiary/aromatic N) is 6. The number of aromatic nitrogens is 2. The van der Waals surface area contributed by atoms with E-state index in [4.69, 9.17) is 0 Å². The molecule has 1 saturated heterocycles. The van der Waals surface area contributed by atoms with Gasteiger partial charge in [-0.2, -0.15) is 0 Å². The van der Waals surface area contributed by atoms with Gasteiger partial charge in [-0.3, -0.25) is 15.0 Å². The highest BCUT2D eigenvalue weighted by Gasteiger charge is 2.32. The van der Waals surface area contributed by atoms with Crippen molar-refractivity contribution in [3.8, 4) is 0 Å². The van der Waals surface area contributed by atoms with E-state index in [0.717, 1.165) is 32.5 Å². The maximum Gasteiger partial charge on any atom is 0.353 e. The van der Waals surface area contributed by atoms with Crippen LogP contribution >= 0.6 is 0 Å². The molecule has 178 valence electrons. The number of piperazine rings is 1. The Kier molecular flexibility index (Phi) is 7.69. The molecule has 3 aromatic rings. The number of anilines is 2. The number of rotatable bonds is 9. The first-order valence-electron chi connectivity index (χ1n) is 11.9. The molecule has 34 heavy (non-hydrogen) atoms. The van der Waals surface area contributed by atoms with E-state index < -0.39 is 0 Å². The fourth-order valence-electron chi connectivity index (χ4n) is 4.61. The van der Waals surface area contributed by atoms with Crippen LogP contribution in [-0.2, 0) is 0 Å². The van der Waals surface area contributed by atoms with Crippen LogP contribution in [0, 0.1) is 10.1 Å². The van der Waals surface area contributed by atoms with Gasteiger partial charge in [0.25, 0.3) is 0 Å². The normalized spacial score (nSPS) is 14.4. The first-order valence-corrected chi connectivity index (χ1v) is 11.9. The van der Waals surface area contributed by atoms with E-state index in [1.807, 2.05) is 29.0 Å². The van der Waals surface area contributed by atoms with Gasteiger partial charge in [0.15, 0.2) is 0 Å². The van der Waals surface area contributed by atoms with Crippen molar-refractivity contribution in [2.24, 2.45) is 0 Å². The minimum absolute atomic E-state index is 0.00257. The average Bonchev–Trinajstić information content (AvgIpc) is 2.88. The molecule has 0 radical (unpaired) electrons. The fraction of sp³-hybridized carbons (Fsp3) is 0.385. The molecule has 2 aromatic carbocycles. The SMILES string of the molecule is CCCCN(C)c1ncnc(N2CCN(C(c3ccccc3)c3ccccc3)CC2)c1[N+](=O)[O-]. The van der Waals surface area contributed by atoms with Crippen LogP contribution in [0.15, 0.2) is 67.0 Å². The summed E-state index contributed by atoms with van der Waals surface area (Å²) in [7, 11) is 1.86.